The minimum absolute atomic E-state index is 0.381. The molecule has 2 N–H and O–H groups in total. The van der Waals surface area contributed by atoms with Crippen LogP contribution in [-0.4, -0.2) is 5.78 Å². The minimum atomic E-state index is -0.523. The number of hydrogen-bond acceptors (Lipinski definition) is 3. The van der Waals surface area contributed by atoms with Crippen molar-refractivity contribution in [2.45, 2.75) is 6.54 Å². The van der Waals surface area contributed by atoms with E-state index in [4.69, 9.17) is 11.0 Å². The first-order chi connectivity index (χ1) is 5.77. The molecule has 0 saturated carbocycles. The summed E-state index contributed by atoms with van der Waals surface area (Å²) in [5, 5.41) is 8.32. The summed E-state index contributed by atoms with van der Waals surface area (Å²) in [6, 6.07) is 8.31. The van der Waals surface area contributed by atoms with E-state index in [-0.39, 0.29) is 0 Å². The van der Waals surface area contributed by atoms with Crippen molar-refractivity contribution in [2.75, 3.05) is 0 Å². The molecule has 3 heteroatoms. The zero-order valence-electron chi connectivity index (χ0n) is 6.45. The van der Waals surface area contributed by atoms with Gasteiger partial charge in [-0.25, -0.2) is 0 Å². The number of carbonyl (C=O) groups is 1. The lowest BCUT2D eigenvalue weighted by Gasteiger charge is -1.96. The van der Waals surface area contributed by atoms with E-state index in [0.29, 0.717) is 12.1 Å². The second kappa shape index (κ2) is 3.65. The van der Waals surface area contributed by atoms with Gasteiger partial charge in [-0.05, 0) is 11.6 Å². The van der Waals surface area contributed by atoms with Crippen molar-refractivity contribution >= 4 is 5.78 Å². The molecule has 1 aromatic rings. The normalized spacial score (nSPS) is 9.00. The molecule has 0 aliphatic heterocycles. The van der Waals surface area contributed by atoms with Crippen LogP contribution in [-0.2, 0) is 6.54 Å². The molecule has 0 unspecified atom stereocenters. The molecule has 0 amide bonds. The van der Waals surface area contributed by atoms with Crippen molar-refractivity contribution < 1.29 is 4.79 Å². The molecule has 0 saturated heterocycles. The third-order valence-electron chi connectivity index (χ3n) is 1.53. The molecular weight excluding hydrogens is 152 g/mol. The Bertz CT molecular complexity index is 339. The molecule has 0 aromatic heterocycles. The molecule has 12 heavy (non-hydrogen) atoms. The van der Waals surface area contributed by atoms with E-state index >= 15 is 0 Å². The van der Waals surface area contributed by atoms with Gasteiger partial charge in [0, 0.05) is 12.1 Å². The SMILES string of the molecule is N#CC(=O)c1cccc(CN)c1. The Morgan fingerprint density at radius 3 is 2.92 bits per heavy atom. The van der Waals surface area contributed by atoms with Gasteiger partial charge in [0.25, 0.3) is 5.78 Å². The molecule has 0 atom stereocenters. The molecule has 60 valence electrons. The average molecular weight is 160 g/mol. The Hall–Kier alpha value is -1.66. The van der Waals surface area contributed by atoms with Gasteiger partial charge in [0.15, 0.2) is 0 Å². The van der Waals surface area contributed by atoms with Crippen LogP contribution in [0, 0.1) is 11.3 Å². The summed E-state index contributed by atoms with van der Waals surface area (Å²) < 4.78 is 0. The summed E-state index contributed by atoms with van der Waals surface area (Å²) in [7, 11) is 0. The van der Waals surface area contributed by atoms with E-state index in [1.807, 2.05) is 6.07 Å². The predicted molar refractivity (Wildman–Crippen MR) is 44.3 cm³/mol. The van der Waals surface area contributed by atoms with Crippen LogP contribution >= 0.6 is 0 Å². The van der Waals surface area contributed by atoms with E-state index in [1.165, 1.54) is 0 Å². The van der Waals surface area contributed by atoms with E-state index < -0.39 is 5.78 Å². The zero-order chi connectivity index (χ0) is 8.97. The first-order valence-corrected chi connectivity index (χ1v) is 3.51. The molecular formula is C9H8N2O. The van der Waals surface area contributed by atoms with Gasteiger partial charge >= 0.3 is 0 Å². The maximum Gasteiger partial charge on any atom is 0.262 e. The number of ketones is 1. The van der Waals surface area contributed by atoms with Crippen LogP contribution in [0.25, 0.3) is 0 Å². The topological polar surface area (TPSA) is 66.9 Å². The van der Waals surface area contributed by atoms with Crippen molar-refractivity contribution in [2.24, 2.45) is 5.73 Å². The Morgan fingerprint density at radius 2 is 2.33 bits per heavy atom. The highest BCUT2D eigenvalue weighted by Gasteiger charge is 2.02. The molecule has 0 aliphatic rings. The van der Waals surface area contributed by atoms with Crippen molar-refractivity contribution in [1.29, 1.82) is 5.26 Å². The maximum atomic E-state index is 10.9. The fourth-order valence-corrected chi connectivity index (χ4v) is 0.904. The molecule has 0 heterocycles. The summed E-state index contributed by atoms with van der Waals surface area (Å²) in [5.41, 5.74) is 6.63. The third kappa shape index (κ3) is 1.68. The van der Waals surface area contributed by atoms with Gasteiger partial charge in [-0.1, -0.05) is 18.2 Å². The molecule has 1 aromatic carbocycles. The summed E-state index contributed by atoms with van der Waals surface area (Å²) in [5.74, 6) is -0.523. The molecule has 3 nitrogen and oxygen atoms in total. The van der Waals surface area contributed by atoms with Crippen LogP contribution in [0.2, 0.25) is 0 Å². The first kappa shape index (κ1) is 8.44. The molecule has 1 rings (SSSR count). The molecule has 0 fully saturated rings. The van der Waals surface area contributed by atoms with Crippen LogP contribution in [0.15, 0.2) is 24.3 Å². The largest absolute Gasteiger partial charge is 0.326 e. The summed E-state index contributed by atoms with van der Waals surface area (Å²) in [6.45, 7) is 0.381. The Morgan fingerprint density at radius 1 is 1.58 bits per heavy atom. The van der Waals surface area contributed by atoms with Gasteiger partial charge in [-0.15, -0.1) is 0 Å². The lowest BCUT2D eigenvalue weighted by atomic mass is 10.1. The smallest absolute Gasteiger partial charge is 0.262 e. The predicted octanol–water partition coefficient (Wildman–Crippen LogP) is 0.852. The number of nitriles is 1. The lowest BCUT2D eigenvalue weighted by Crippen LogP contribution is -1.99. The average Bonchev–Trinajstić information content (AvgIpc) is 2.17. The van der Waals surface area contributed by atoms with Crippen LogP contribution in [0.4, 0.5) is 0 Å². The van der Waals surface area contributed by atoms with Crippen molar-refractivity contribution in [3.05, 3.63) is 35.4 Å². The Kier molecular flexibility index (Phi) is 2.57. The number of carbonyl (C=O) groups excluding carboxylic acids is 1. The monoisotopic (exact) mass is 160 g/mol. The number of nitrogens with zero attached hydrogens (tertiary/aromatic N) is 1. The lowest BCUT2D eigenvalue weighted by molar-refractivity contribution is 0.105. The van der Waals surface area contributed by atoms with Gasteiger partial charge in [-0.3, -0.25) is 4.79 Å². The first-order valence-electron chi connectivity index (χ1n) is 3.51. The summed E-state index contributed by atoms with van der Waals surface area (Å²) in [6.07, 6.45) is 0. The quantitative estimate of drug-likeness (QED) is 0.515. The van der Waals surface area contributed by atoms with Gasteiger partial charge in [0.1, 0.15) is 6.07 Å². The van der Waals surface area contributed by atoms with Crippen molar-refractivity contribution in [3.63, 3.8) is 0 Å². The summed E-state index contributed by atoms with van der Waals surface area (Å²) >= 11 is 0. The fraction of sp³-hybridized carbons (Fsp3) is 0.111. The van der Waals surface area contributed by atoms with Crippen molar-refractivity contribution in [1.82, 2.24) is 0 Å². The van der Waals surface area contributed by atoms with E-state index in [0.717, 1.165) is 5.56 Å². The maximum absolute atomic E-state index is 10.9. The van der Waals surface area contributed by atoms with Gasteiger partial charge in [0.05, 0.1) is 0 Å². The minimum Gasteiger partial charge on any atom is -0.326 e. The number of nitrogens with two attached hydrogens (primary N) is 1. The number of benzene rings is 1. The highest BCUT2D eigenvalue weighted by atomic mass is 16.1. The fourth-order valence-electron chi connectivity index (χ4n) is 0.904. The third-order valence-corrected chi connectivity index (χ3v) is 1.53. The van der Waals surface area contributed by atoms with Gasteiger partial charge in [-0.2, -0.15) is 5.26 Å². The van der Waals surface area contributed by atoms with E-state index in [9.17, 15) is 4.79 Å². The van der Waals surface area contributed by atoms with Gasteiger partial charge < -0.3 is 5.73 Å². The highest BCUT2D eigenvalue weighted by molar-refractivity contribution is 6.07. The molecule has 0 spiro atoms. The zero-order valence-corrected chi connectivity index (χ0v) is 6.45. The van der Waals surface area contributed by atoms with Crippen LogP contribution in [0.5, 0.6) is 0 Å². The Labute approximate surface area is 70.4 Å². The summed E-state index contributed by atoms with van der Waals surface area (Å²) in [4.78, 5) is 10.9. The number of hydrogen-bond donors (Lipinski definition) is 1. The molecule has 0 bridgehead atoms. The second-order valence-corrected chi connectivity index (χ2v) is 2.35. The standard InChI is InChI=1S/C9H8N2O/c10-5-7-2-1-3-8(4-7)9(12)6-11/h1-4H,5,10H2. The van der Waals surface area contributed by atoms with Crippen LogP contribution < -0.4 is 5.73 Å². The van der Waals surface area contributed by atoms with Gasteiger partial charge in [0.2, 0.25) is 0 Å². The van der Waals surface area contributed by atoms with E-state index in [2.05, 4.69) is 0 Å². The van der Waals surface area contributed by atoms with Crippen LogP contribution in [0.1, 0.15) is 15.9 Å². The molecule has 0 aliphatic carbocycles. The van der Waals surface area contributed by atoms with E-state index in [1.54, 1.807) is 24.3 Å². The van der Waals surface area contributed by atoms with Crippen molar-refractivity contribution in [3.8, 4) is 6.07 Å². The second-order valence-electron chi connectivity index (χ2n) is 2.35. The number of Topliss-reactive ketones (excluding diaryl/α,β-unsaturated/α-hetero) is 1. The Balaban J connectivity index is 3.03. The highest BCUT2D eigenvalue weighted by Crippen LogP contribution is 2.04. The molecule has 0 radical (unpaired) electrons. The van der Waals surface area contributed by atoms with Crippen LogP contribution in [0.3, 0.4) is 0 Å². The number of rotatable bonds is 2.